The zero-order valence-electron chi connectivity index (χ0n) is 16.4. The Morgan fingerprint density at radius 1 is 0.931 bits per heavy atom. The molecule has 0 spiro atoms. The van der Waals surface area contributed by atoms with Crippen LogP contribution in [-0.2, 0) is 13.1 Å². The van der Waals surface area contributed by atoms with Gasteiger partial charge in [-0.05, 0) is 52.4 Å². The molecular formula is C19H22N6O4. The highest BCUT2D eigenvalue weighted by atomic mass is 16.5. The van der Waals surface area contributed by atoms with Crippen LogP contribution in [0.15, 0.2) is 42.5 Å². The zero-order chi connectivity index (χ0) is 20.6. The van der Waals surface area contributed by atoms with Gasteiger partial charge in [-0.3, -0.25) is 0 Å². The number of urea groups is 1. The van der Waals surface area contributed by atoms with Crippen molar-refractivity contribution in [3.63, 3.8) is 0 Å². The van der Waals surface area contributed by atoms with Crippen LogP contribution in [0.4, 0.5) is 4.79 Å². The summed E-state index contributed by atoms with van der Waals surface area (Å²) in [4.78, 5) is 12.1. The van der Waals surface area contributed by atoms with Gasteiger partial charge in [0.25, 0.3) is 0 Å². The Morgan fingerprint density at radius 2 is 1.66 bits per heavy atom. The van der Waals surface area contributed by atoms with Crippen LogP contribution in [0.2, 0.25) is 0 Å². The quantitative estimate of drug-likeness (QED) is 0.594. The first-order chi connectivity index (χ1) is 14.1. The minimum Gasteiger partial charge on any atom is -0.497 e. The van der Waals surface area contributed by atoms with Crippen LogP contribution >= 0.6 is 0 Å². The van der Waals surface area contributed by atoms with E-state index < -0.39 is 0 Å². The molecule has 0 bridgehead atoms. The second-order valence-electron chi connectivity index (χ2n) is 5.93. The van der Waals surface area contributed by atoms with E-state index in [4.69, 9.17) is 14.2 Å². The fourth-order valence-electron chi connectivity index (χ4n) is 2.63. The molecule has 0 aliphatic rings. The Bertz CT molecular complexity index is 958. The third-order valence-corrected chi connectivity index (χ3v) is 4.16. The van der Waals surface area contributed by atoms with Gasteiger partial charge in [0.2, 0.25) is 0 Å². The molecule has 3 aromatic rings. The third-order valence-electron chi connectivity index (χ3n) is 4.16. The van der Waals surface area contributed by atoms with Crippen LogP contribution in [0.3, 0.4) is 0 Å². The lowest BCUT2D eigenvalue weighted by Gasteiger charge is -2.11. The summed E-state index contributed by atoms with van der Waals surface area (Å²) in [6, 6.07) is 12.4. The second kappa shape index (κ2) is 9.40. The van der Waals surface area contributed by atoms with Gasteiger partial charge < -0.3 is 24.8 Å². The largest absolute Gasteiger partial charge is 0.497 e. The van der Waals surface area contributed by atoms with Crippen molar-refractivity contribution >= 4 is 6.03 Å². The molecule has 0 radical (unpaired) electrons. The molecule has 2 N–H and O–H groups in total. The summed E-state index contributed by atoms with van der Waals surface area (Å²) in [5, 5.41) is 17.1. The van der Waals surface area contributed by atoms with Crippen molar-refractivity contribution in [2.24, 2.45) is 0 Å². The molecule has 0 aliphatic heterocycles. The third kappa shape index (κ3) is 4.92. The maximum absolute atomic E-state index is 12.1. The van der Waals surface area contributed by atoms with Crippen LogP contribution in [0.1, 0.15) is 11.4 Å². The Morgan fingerprint density at radius 3 is 2.34 bits per heavy atom. The summed E-state index contributed by atoms with van der Waals surface area (Å²) in [6.07, 6.45) is 0. The van der Waals surface area contributed by atoms with Gasteiger partial charge in [-0.2, -0.15) is 4.68 Å². The van der Waals surface area contributed by atoms with Gasteiger partial charge in [0.05, 0.1) is 33.6 Å². The summed E-state index contributed by atoms with van der Waals surface area (Å²) in [6.45, 7) is 0.492. The molecule has 3 rings (SSSR count). The first-order valence-electron chi connectivity index (χ1n) is 8.79. The Hall–Kier alpha value is -3.82. The highest BCUT2D eigenvalue weighted by molar-refractivity contribution is 5.73. The Kier molecular flexibility index (Phi) is 6.46. The van der Waals surface area contributed by atoms with E-state index >= 15 is 0 Å². The molecule has 10 nitrogen and oxygen atoms in total. The van der Waals surface area contributed by atoms with E-state index in [1.165, 1.54) is 0 Å². The molecule has 0 aliphatic carbocycles. The molecule has 29 heavy (non-hydrogen) atoms. The van der Waals surface area contributed by atoms with Crippen molar-refractivity contribution in [1.82, 2.24) is 30.8 Å². The van der Waals surface area contributed by atoms with Crippen molar-refractivity contribution < 1.29 is 19.0 Å². The number of hydrogen-bond donors (Lipinski definition) is 2. The summed E-state index contributed by atoms with van der Waals surface area (Å²) in [5.74, 6) is 2.46. The standard InChI is InChI=1S/C19H22N6O4/c1-27-15-7-5-14(6-8-15)25-18(22-23-24-25)12-21-19(26)20-11-13-4-9-16(28-2)17(10-13)29-3/h4-10H,11-12H2,1-3H3,(H2,20,21,26). The lowest BCUT2D eigenvalue weighted by atomic mass is 10.2. The topological polar surface area (TPSA) is 112 Å². The minimum absolute atomic E-state index is 0.163. The lowest BCUT2D eigenvalue weighted by Crippen LogP contribution is -2.35. The van der Waals surface area contributed by atoms with Gasteiger partial charge in [0.15, 0.2) is 17.3 Å². The predicted molar refractivity (Wildman–Crippen MR) is 104 cm³/mol. The van der Waals surface area contributed by atoms with Crippen molar-refractivity contribution in [2.75, 3.05) is 21.3 Å². The van der Waals surface area contributed by atoms with E-state index in [0.29, 0.717) is 23.9 Å². The van der Waals surface area contributed by atoms with E-state index in [0.717, 1.165) is 17.0 Å². The van der Waals surface area contributed by atoms with Crippen LogP contribution in [0, 0.1) is 0 Å². The molecule has 2 aromatic carbocycles. The van der Waals surface area contributed by atoms with Gasteiger partial charge in [-0.15, -0.1) is 5.10 Å². The van der Waals surface area contributed by atoms with E-state index in [1.54, 1.807) is 32.1 Å². The maximum Gasteiger partial charge on any atom is 0.315 e. The number of carbonyl (C=O) groups excluding carboxylic acids is 1. The van der Waals surface area contributed by atoms with E-state index in [1.807, 2.05) is 36.4 Å². The first kappa shape index (κ1) is 19.9. The molecule has 10 heteroatoms. The molecule has 152 valence electrons. The van der Waals surface area contributed by atoms with Crippen LogP contribution in [-0.4, -0.2) is 47.6 Å². The fraction of sp³-hybridized carbons (Fsp3) is 0.263. The Balaban J connectivity index is 1.56. The number of benzene rings is 2. The van der Waals surface area contributed by atoms with Gasteiger partial charge in [0.1, 0.15) is 5.75 Å². The van der Waals surface area contributed by atoms with Crippen LogP contribution in [0.5, 0.6) is 17.2 Å². The molecule has 1 aromatic heterocycles. The molecule has 0 saturated heterocycles. The average molecular weight is 398 g/mol. The highest BCUT2D eigenvalue weighted by Gasteiger charge is 2.11. The summed E-state index contributed by atoms with van der Waals surface area (Å²) in [7, 11) is 4.74. The molecule has 0 unspecified atom stereocenters. The van der Waals surface area contributed by atoms with E-state index in [-0.39, 0.29) is 12.6 Å². The number of nitrogens with zero attached hydrogens (tertiary/aromatic N) is 4. The number of hydrogen-bond acceptors (Lipinski definition) is 7. The number of aromatic nitrogens is 4. The van der Waals surface area contributed by atoms with Gasteiger partial charge in [-0.25, -0.2) is 4.79 Å². The first-order valence-corrected chi connectivity index (χ1v) is 8.79. The fourth-order valence-corrected chi connectivity index (χ4v) is 2.63. The number of rotatable bonds is 8. The van der Waals surface area contributed by atoms with Gasteiger partial charge >= 0.3 is 6.03 Å². The van der Waals surface area contributed by atoms with Crippen LogP contribution < -0.4 is 24.8 Å². The smallest absolute Gasteiger partial charge is 0.315 e. The van der Waals surface area contributed by atoms with Crippen molar-refractivity contribution in [3.05, 3.63) is 53.9 Å². The summed E-state index contributed by atoms with van der Waals surface area (Å²) in [5.41, 5.74) is 1.64. The monoisotopic (exact) mass is 398 g/mol. The molecule has 2 amide bonds. The minimum atomic E-state index is -0.343. The van der Waals surface area contributed by atoms with Crippen molar-refractivity contribution in [1.29, 1.82) is 0 Å². The van der Waals surface area contributed by atoms with E-state index in [9.17, 15) is 4.79 Å². The molecule has 0 saturated carbocycles. The second-order valence-corrected chi connectivity index (χ2v) is 5.93. The van der Waals surface area contributed by atoms with Gasteiger partial charge in [-0.1, -0.05) is 6.07 Å². The van der Waals surface area contributed by atoms with Gasteiger partial charge in [0, 0.05) is 6.54 Å². The molecule has 0 fully saturated rings. The number of nitrogens with one attached hydrogen (secondary N) is 2. The lowest BCUT2D eigenvalue weighted by molar-refractivity contribution is 0.239. The van der Waals surface area contributed by atoms with Crippen molar-refractivity contribution in [2.45, 2.75) is 13.1 Å². The van der Waals surface area contributed by atoms with Crippen molar-refractivity contribution in [3.8, 4) is 22.9 Å². The normalized spacial score (nSPS) is 10.3. The average Bonchev–Trinajstić information content (AvgIpc) is 3.24. The van der Waals surface area contributed by atoms with Crippen LogP contribution in [0.25, 0.3) is 5.69 Å². The SMILES string of the molecule is COc1ccc(-n2nnnc2CNC(=O)NCc2ccc(OC)c(OC)c2)cc1. The number of amides is 2. The maximum atomic E-state index is 12.1. The number of carbonyl (C=O) groups is 1. The summed E-state index contributed by atoms with van der Waals surface area (Å²) >= 11 is 0. The Labute approximate surface area is 167 Å². The number of tetrazole rings is 1. The molecular weight excluding hydrogens is 376 g/mol. The molecule has 1 heterocycles. The van der Waals surface area contributed by atoms with E-state index in [2.05, 4.69) is 26.2 Å². The highest BCUT2D eigenvalue weighted by Crippen LogP contribution is 2.27. The molecule has 0 atom stereocenters. The predicted octanol–water partition coefficient (Wildman–Crippen LogP) is 1.69. The number of ether oxygens (including phenoxy) is 3. The number of methoxy groups -OCH3 is 3. The zero-order valence-corrected chi connectivity index (χ0v) is 16.4. The summed E-state index contributed by atoms with van der Waals surface area (Å²) < 4.78 is 17.2.